The second kappa shape index (κ2) is 7.14. The number of ketones is 1. The molecule has 1 heterocycles. The van der Waals surface area contributed by atoms with Gasteiger partial charge in [-0.05, 0) is 53.4 Å². The SMILES string of the molecule is CC1(Cc2c(-c3ccc(F)cc3)n(S(C)(=O)=O)c3ccccc23)CC(=O)c2ccccc21. The molecule has 0 spiro atoms. The van der Waals surface area contributed by atoms with Crippen LogP contribution in [0.2, 0.25) is 0 Å². The molecule has 6 heteroatoms. The lowest BCUT2D eigenvalue weighted by Crippen LogP contribution is -2.23. The van der Waals surface area contributed by atoms with Crippen molar-refractivity contribution in [3.8, 4) is 11.3 Å². The first-order valence-electron chi connectivity index (χ1n) is 10.4. The van der Waals surface area contributed by atoms with Crippen LogP contribution in [-0.4, -0.2) is 24.4 Å². The lowest BCUT2D eigenvalue weighted by molar-refractivity contribution is 0.0976. The molecule has 0 aliphatic heterocycles. The van der Waals surface area contributed by atoms with E-state index in [-0.39, 0.29) is 11.6 Å². The molecule has 1 atom stereocenters. The number of aromatic nitrogens is 1. The van der Waals surface area contributed by atoms with Gasteiger partial charge < -0.3 is 0 Å². The zero-order valence-corrected chi connectivity index (χ0v) is 18.6. The number of nitrogens with zero attached hydrogens (tertiary/aromatic N) is 1. The number of para-hydroxylation sites is 1. The van der Waals surface area contributed by atoms with E-state index in [9.17, 15) is 17.6 Å². The van der Waals surface area contributed by atoms with Crippen LogP contribution in [0.15, 0.2) is 72.8 Å². The molecule has 1 aromatic heterocycles. The van der Waals surface area contributed by atoms with Gasteiger partial charge in [-0.25, -0.2) is 16.8 Å². The minimum atomic E-state index is -3.67. The first kappa shape index (κ1) is 20.6. The smallest absolute Gasteiger partial charge is 0.236 e. The van der Waals surface area contributed by atoms with Gasteiger partial charge in [0.1, 0.15) is 5.82 Å². The van der Waals surface area contributed by atoms with Crippen LogP contribution in [0.5, 0.6) is 0 Å². The zero-order valence-electron chi connectivity index (χ0n) is 17.8. The largest absolute Gasteiger partial charge is 0.294 e. The quantitative estimate of drug-likeness (QED) is 0.424. The molecule has 0 amide bonds. The van der Waals surface area contributed by atoms with Gasteiger partial charge in [-0.2, -0.15) is 0 Å². The van der Waals surface area contributed by atoms with E-state index in [0.29, 0.717) is 29.6 Å². The molecule has 1 unspecified atom stereocenters. The van der Waals surface area contributed by atoms with Crippen LogP contribution in [0.1, 0.15) is 34.8 Å². The molecular formula is C26H22FNO3S. The summed E-state index contributed by atoms with van der Waals surface area (Å²) < 4.78 is 40.9. The molecule has 0 bridgehead atoms. The first-order valence-corrected chi connectivity index (χ1v) is 12.3. The molecular weight excluding hydrogens is 425 g/mol. The predicted molar refractivity (Wildman–Crippen MR) is 124 cm³/mol. The van der Waals surface area contributed by atoms with Crippen LogP contribution in [0.25, 0.3) is 22.2 Å². The van der Waals surface area contributed by atoms with Crippen molar-refractivity contribution in [2.75, 3.05) is 6.26 Å². The van der Waals surface area contributed by atoms with Crippen LogP contribution < -0.4 is 0 Å². The van der Waals surface area contributed by atoms with Crippen molar-refractivity contribution in [1.29, 1.82) is 0 Å². The Bertz CT molecular complexity index is 1490. The molecule has 0 saturated heterocycles. The summed E-state index contributed by atoms with van der Waals surface area (Å²) in [5, 5.41) is 0.815. The van der Waals surface area contributed by atoms with Gasteiger partial charge in [-0.3, -0.25) is 4.79 Å². The Kier molecular flexibility index (Phi) is 4.60. The van der Waals surface area contributed by atoms with E-state index in [1.54, 1.807) is 24.3 Å². The lowest BCUT2D eigenvalue weighted by Gasteiger charge is -2.25. The van der Waals surface area contributed by atoms with Crippen molar-refractivity contribution in [2.45, 2.75) is 25.2 Å². The van der Waals surface area contributed by atoms with Gasteiger partial charge in [-0.1, -0.05) is 49.4 Å². The average Bonchev–Trinajstić information content (AvgIpc) is 3.21. The number of benzene rings is 3. The lowest BCUT2D eigenvalue weighted by atomic mass is 9.77. The van der Waals surface area contributed by atoms with Gasteiger partial charge in [0.2, 0.25) is 10.0 Å². The van der Waals surface area contributed by atoms with E-state index >= 15 is 0 Å². The summed E-state index contributed by atoms with van der Waals surface area (Å²) in [5.74, 6) is -0.294. The Morgan fingerprint density at radius 3 is 2.34 bits per heavy atom. The Hall–Kier alpha value is -3.25. The third-order valence-electron chi connectivity index (χ3n) is 6.38. The number of hydrogen-bond donors (Lipinski definition) is 0. The monoisotopic (exact) mass is 447 g/mol. The fourth-order valence-corrected chi connectivity index (χ4v) is 6.11. The highest BCUT2D eigenvalue weighted by molar-refractivity contribution is 7.89. The van der Waals surface area contributed by atoms with E-state index in [1.807, 2.05) is 36.4 Å². The van der Waals surface area contributed by atoms with E-state index in [2.05, 4.69) is 6.92 Å². The van der Waals surface area contributed by atoms with Crippen molar-refractivity contribution in [2.24, 2.45) is 0 Å². The Labute approximate surface area is 186 Å². The van der Waals surface area contributed by atoms with E-state index in [4.69, 9.17) is 0 Å². The minimum Gasteiger partial charge on any atom is -0.294 e. The summed E-state index contributed by atoms with van der Waals surface area (Å²) in [6.07, 6.45) is 2.01. The fraction of sp³-hybridized carbons (Fsp3) is 0.192. The number of Topliss-reactive ketones (excluding diaryl/α,β-unsaturated/α-hetero) is 1. The number of rotatable bonds is 4. The van der Waals surface area contributed by atoms with Gasteiger partial charge in [0.15, 0.2) is 5.78 Å². The maximum atomic E-state index is 13.7. The highest BCUT2D eigenvalue weighted by Crippen LogP contribution is 2.45. The predicted octanol–water partition coefficient (Wildman–Crippen LogP) is 5.34. The summed E-state index contributed by atoms with van der Waals surface area (Å²) in [7, 11) is -3.67. The van der Waals surface area contributed by atoms with Crippen LogP contribution in [0, 0.1) is 5.82 Å². The zero-order chi connectivity index (χ0) is 22.7. The maximum absolute atomic E-state index is 13.7. The molecule has 0 radical (unpaired) electrons. The van der Waals surface area contributed by atoms with Crippen molar-refractivity contribution < 1.29 is 17.6 Å². The molecule has 32 heavy (non-hydrogen) atoms. The summed E-state index contributed by atoms with van der Waals surface area (Å²) >= 11 is 0. The molecule has 4 nitrogen and oxygen atoms in total. The van der Waals surface area contributed by atoms with E-state index < -0.39 is 15.4 Å². The topological polar surface area (TPSA) is 56.1 Å². The highest BCUT2D eigenvalue weighted by atomic mass is 32.2. The second-order valence-electron chi connectivity index (χ2n) is 8.76. The van der Waals surface area contributed by atoms with Crippen molar-refractivity contribution in [3.05, 3.63) is 95.3 Å². The van der Waals surface area contributed by atoms with Gasteiger partial charge >= 0.3 is 0 Å². The number of carbonyl (C=O) groups is 1. The molecule has 1 aliphatic rings. The average molecular weight is 448 g/mol. The highest BCUT2D eigenvalue weighted by Gasteiger charge is 2.41. The van der Waals surface area contributed by atoms with Gasteiger partial charge in [0.25, 0.3) is 0 Å². The molecule has 0 N–H and O–H groups in total. The van der Waals surface area contributed by atoms with E-state index in [0.717, 1.165) is 22.1 Å². The fourth-order valence-electron chi connectivity index (χ4n) is 5.04. The van der Waals surface area contributed by atoms with E-state index in [1.165, 1.54) is 22.4 Å². The summed E-state index contributed by atoms with van der Waals surface area (Å²) in [6.45, 7) is 2.05. The normalized spacial score (nSPS) is 18.3. The number of halogens is 1. The molecule has 1 aliphatic carbocycles. The van der Waals surface area contributed by atoms with Crippen LogP contribution >= 0.6 is 0 Å². The van der Waals surface area contributed by atoms with Crippen LogP contribution in [-0.2, 0) is 21.9 Å². The summed E-state index contributed by atoms with van der Waals surface area (Å²) in [4.78, 5) is 12.7. The standard InChI is InChI=1S/C26H22FNO3S/c1-26(16-24(29)20-8-3-5-9-22(20)26)15-21-19-7-4-6-10-23(19)28(32(2,30)31)25(21)17-11-13-18(27)14-12-17/h3-14H,15-16H2,1-2H3. The maximum Gasteiger partial charge on any atom is 0.236 e. The third-order valence-corrected chi connectivity index (χ3v) is 7.42. The molecule has 4 aromatic rings. The number of carbonyl (C=O) groups excluding carboxylic acids is 1. The molecule has 0 saturated carbocycles. The Morgan fingerprint density at radius 1 is 0.969 bits per heavy atom. The summed E-state index contributed by atoms with van der Waals surface area (Å²) in [5.41, 5.74) is 3.78. The van der Waals surface area contributed by atoms with Crippen molar-refractivity contribution in [1.82, 2.24) is 3.97 Å². The van der Waals surface area contributed by atoms with Crippen LogP contribution in [0.4, 0.5) is 4.39 Å². The molecule has 0 fully saturated rings. The minimum absolute atomic E-state index is 0.0956. The number of hydrogen-bond acceptors (Lipinski definition) is 3. The second-order valence-corrected chi connectivity index (χ2v) is 10.6. The molecule has 5 rings (SSSR count). The van der Waals surface area contributed by atoms with Gasteiger partial charge in [0.05, 0.1) is 17.5 Å². The van der Waals surface area contributed by atoms with Gasteiger partial charge in [0, 0.05) is 22.8 Å². The third kappa shape index (κ3) is 3.17. The van der Waals surface area contributed by atoms with Crippen molar-refractivity contribution >= 4 is 26.7 Å². The Morgan fingerprint density at radius 2 is 1.62 bits per heavy atom. The molecule has 3 aromatic carbocycles. The van der Waals surface area contributed by atoms with Gasteiger partial charge in [-0.15, -0.1) is 0 Å². The Balaban J connectivity index is 1.81. The number of fused-ring (bicyclic) bond motifs is 2. The molecule has 162 valence electrons. The summed E-state index contributed by atoms with van der Waals surface area (Å²) in [6, 6.07) is 20.9. The van der Waals surface area contributed by atoms with Crippen molar-refractivity contribution in [3.63, 3.8) is 0 Å². The van der Waals surface area contributed by atoms with Crippen LogP contribution in [0.3, 0.4) is 0 Å². The first-order chi connectivity index (χ1) is 15.2.